The predicted octanol–water partition coefficient (Wildman–Crippen LogP) is 2.12. The maximum Gasteiger partial charge on any atom is 0.214 e. The third kappa shape index (κ3) is 1.80. The van der Waals surface area contributed by atoms with E-state index in [4.69, 9.17) is 0 Å². The maximum absolute atomic E-state index is 12.3. The largest absolute Gasteiger partial charge is 0.287 e. The Morgan fingerprint density at radius 1 is 1.22 bits per heavy atom. The molecule has 0 radical (unpaired) electrons. The highest BCUT2D eigenvalue weighted by Gasteiger charge is 2.15. The zero-order valence-corrected chi connectivity index (χ0v) is 10.7. The minimum Gasteiger partial charge on any atom is -0.287 e. The summed E-state index contributed by atoms with van der Waals surface area (Å²) in [5.41, 5.74) is 1.76. The first-order valence-corrected chi connectivity index (χ1v) is 5.98. The minimum absolute atomic E-state index is 0.145. The van der Waals surface area contributed by atoms with Crippen LogP contribution in [0.5, 0.6) is 0 Å². The Bertz CT molecular complexity index is 705. The normalized spacial score (nSPS) is 10.7. The van der Waals surface area contributed by atoms with E-state index in [-0.39, 0.29) is 5.78 Å². The highest BCUT2D eigenvalue weighted by atomic mass is 79.9. The van der Waals surface area contributed by atoms with Gasteiger partial charge in [-0.15, -0.1) is 0 Å². The van der Waals surface area contributed by atoms with E-state index < -0.39 is 0 Å². The van der Waals surface area contributed by atoms with Gasteiger partial charge in [-0.25, -0.2) is 9.50 Å². The molecule has 0 aliphatic heterocycles. The molecule has 0 aromatic carbocycles. The molecule has 5 nitrogen and oxygen atoms in total. The van der Waals surface area contributed by atoms with Crippen LogP contribution in [0.15, 0.2) is 47.6 Å². The zero-order valence-electron chi connectivity index (χ0n) is 9.12. The molecule has 3 rings (SSSR count). The second-order valence-corrected chi connectivity index (χ2v) is 4.52. The van der Waals surface area contributed by atoms with E-state index in [0.717, 1.165) is 5.52 Å². The van der Waals surface area contributed by atoms with Crippen molar-refractivity contribution in [2.24, 2.45) is 0 Å². The lowest BCUT2D eigenvalue weighted by molar-refractivity contribution is 0.103. The smallest absolute Gasteiger partial charge is 0.214 e. The van der Waals surface area contributed by atoms with Gasteiger partial charge in [-0.05, 0) is 34.1 Å². The summed E-state index contributed by atoms with van der Waals surface area (Å²) in [4.78, 5) is 20.2. The molecular formula is C12H7BrN4O. The van der Waals surface area contributed by atoms with Crippen molar-refractivity contribution < 1.29 is 4.79 Å². The Morgan fingerprint density at radius 2 is 2.06 bits per heavy atom. The van der Waals surface area contributed by atoms with Crippen molar-refractivity contribution in [3.63, 3.8) is 0 Å². The van der Waals surface area contributed by atoms with Gasteiger partial charge in [0.2, 0.25) is 5.78 Å². The van der Waals surface area contributed by atoms with Gasteiger partial charge >= 0.3 is 0 Å². The van der Waals surface area contributed by atoms with Crippen LogP contribution in [0.25, 0.3) is 5.52 Å². The summed E-state index contributed by atoms with van der Waals surface area (Å²) in [5, 5.41) is 4.19. The number of hydrogen-bond donors (Lipinski definition) is 0. The summed E-state index contributed by atoms with van der Waals surface area (Å²) in [7, 11) is 0. The van der Waals surface area contributed by atoms with Crippen molar-refractivity contribution in [1.82, 2.24) is 19.6 Å². The molecule has 3 heterocycles. The van der Waals surface area contributed by atoms with Crippen LogP contribution in [-0.2, 0) is 0 Å². The van der Waals surface area contributed by atoms with Crippen molar-refractivity contribution in [3.05, 3.63) is 58.8 Å². The molecule has 0 saturated carbocycles. The lowest BCUT2D eigenvalue weighted by atomic mass is 10.1. The molecule has 0 fully saturated rings. The van der Waals surface area contributed by atoms with Gasteiger partial charge in [-0.1, -0.05) is 0 Å². The number of hydrogen-bond acceptors (Lipinski definition) is 4. The van der Waals surface area contributed by atoms with Crippen LogP contribution >= 0.6 is 15.9 Å². The van der Waals surface area contributed by atoms with Gasteiger partial charge in [0, 0.05) is 28.6 Å². The molecule has 0 aliphatic carbocycles. The van der Waals surface area contributed by atoms with Crippen LogP contribution in [-0.4, -0.2) is 25.4 Å². The number of pyridine rings is 1. The quantitative estimate of drug-likeness (QED) is 0.680. The van der Waals surface area contributed by atoms with Gasteiger partial charge in [0.15, 0.2) is 0 Å². The topological polar surface area (TPSA) is 60.2 Å². The Hall–Kier alpha value is -2.08. The van der Waals surface area contributed by atoms with Crippen LogP contribution in [0.1, 0.15) is 16.1 Å². The highest BCUT2D eigenvalue weighted by Crippen LogP contribution is 2.18. The third-order valence-electron chi connectivity index (χ3n) is 2.52. The molecule has 0 unspecified atom stereocenters. The van der Waals surface area contributed by atoms with Crippen LogP contribution in [0, 0.1) is 0 Å². The van der Waals surface area contributed by atoms with Crippen molar-refractivity contribution in [2.75, 3.05) is 0 Å². The molecular weight excluding hydrogens is 296 g/mol. The van der Waals surface area contributed by atoms with E-state index in [1.807, 2.05) is 0 Å². The Balaban J connectivity index is 2.10. The molecule has 0 spiro atoms. The summed E-state index contributed by atoms with van der Waals surface area (Å²) in [5.74, 6) is -0.145. The molecule has 6 heteroatoms. The van der Waals surface area contributed by atoms with Gasteiger partial charge in [0.05, 0.1) is 5.52 Å². The molecule has 0 atom stereocenters. The second kappa shape index (κ2) is 4.30. The number of rotatable bonds is 2. The van der Waals surface area contributed by atoms with E-state index in [1.54, 1.807) is 47.6 Å². The van der Waals surface area contributed by atoms with Gasteiger partial charge < -0.3 is 0 Å². The van der Waals surface area contributed by atoms with Crippen LogP contribution in [0.2, 0.25) is 0 Å². The highest BCUT2D eigenvalue weighted by molar-refractivity contribution is 9.10. The van der Waals surface area contributed by atoms with Crippen molar-refractivity contribution in [1.29, 1.82) is 0 Å². The lowest BCUT2D eigenvalue weighted by Crippen LogP contribution is -2.03. The number of carbonyl (C=O) groups excluding carboxylic acids is 1. The van der Waals surface area contributed by atoms with E-state index in [0.29, 0.717) is 15.7 Å². The molecule has 0 N–H and O–H groups in total. The maximum atomic E-state index is 12.3. The molecule has 0 aliphatic rings. The fourth-order valence-electron chi connectivity index (χ4n) is 1.66. The van der Waals surface area contributed by atoms with Crippen molar-refractivity contribution in [2.45, 2.75) is 0 Å². The summed E-state index contributed by atoms with van der Waals surface area (Å²) in [6, 6.07) is 5.19. The fourth-order valence-corrected chi connectivity index (χ4v) is 2.09. The summed E-state index contributed by atoms with van der Waals surface area (Å²) in [6.45, 7) is 0. The first kappa shape index (κ1) is 11.0. The number of aromatic nitrogens is 4. The van der Waals surface area contributed by atoms with E-state index in [2.05, 4.69) is 31.0 Å². The average molecular weight is 303 g/mol. The fraction of sp³-hybridized carbons (Fsp3) is 0. The number of ketones is 1. The second-order valence-electron chi connectivity index (χ2n) is 3.66. The van der Waals surface area contributed by atoms with E-state index in [9.17, 15) is 4.79 Å². The minimum atomic E-state index is -0.145. The number of nitrogens with zero attached hydrogens (tertiary/aromatic N) is 4. The monoisotopic (exact) mass is 302 g/mol. The first-order valence-electron chi connectivity index (χ1n) is 5.19. The van der Waals surface area contributed by atoms with E-state index in [1.165, 1.54) is 0 Å². The molecule has 88 valence electrons. The van der Waals surface area contributed by atoms with Gasteiger partial charge in [-0.2, -0.15) is 5.10 Å². The molecule has 3 aromatic heterocycles. The van der Waals surface area contributed by atoms with Gasteiger partial charge in [-0.3, -0.25) is 9.78 Å². The van der Waals surface area contributed by atoms with Crippen LogP contribution in [0.4, 0.5) is 0 Å². The number of halogens is 1. The van der Waals surface area contributed by atoms with Gasteiger partial charge in [0.1, 0.15) is 12.0 Å². The Labute approximate surface area is 111 Å². The van der Waals surface area contributed by atoms with Crippen LogP contribution in [0.3, 0.4) is 0 Å². The summed E-state index contributed by atoms with van der Waals surface area (Å²) in [6.07, 6.45) is 6.39. The van der Waals surface area contributed by atoms with Crippen LogP contribution < -0.4 is 0 Å². The SMILES string of the molecule is O=C(c1cc2ccncn2n1)c1ccncc1Br. The predicted molar refractivity (Wildman–Crippen MR) is 68.4 cm³/mol. The summed E-state index contributed by atoms with van der Waals surface area (Å²) >= 11 is 3.31. The van der Waals surface area contributed by atoms with Crippen molar-refractivity contribution >= 4 is 27.2 Å². The average Bonchev–Trinajstić information content (AvgIpc) is 2.82. The molecule has 0 bridgehead atoms. The molecule has 0 amide bonds. The zero-order chi connectivity index (χ0) is 12.5. The Kier molecular flexibility index (Phi) is 2.64. The lowest BCUT2D eigenvalue weighted by Gasteiger charge is -1.99. The molecule has 3 aromatic rings. The molecule has 0 saturated heterocycles. The number of carbonyl (C=O) groups is 1. The van der Waals surface area contributed by atoms with Crippen molar-refractivity contribution in [3.8, 4) is 0 Å². The Morgan fingerprint density at radius 3 is 2.83 bits per heavy atom. The standard InChI is InChI=1S/C12H7BrN4O/c13-10-6-14-4-2-9(10)12(18)11-5-8-1-3-15-7-17(8)16-11/h1-7H. The number of fused-ring (bicyclic) bond motifs is 1. The third-order valence-corrected chi connectivity index (χ3v) is 3.15. The molecule has 18 heavy (non-hydrogen) atoms. The van der Waals surface area contributed by atoms with Gasteiger partial charge in [0.25, 0.3) is 0 Å². The summed E-state index contributed by atoms with van der Waals surface area (Å²) < 4.78 is 2.23. The van der Waals surface area contributed by atoms with E-state index >= 15 is 0 Å². The first-order chi connectivity index (χ1) is 8.75.